The lowest BCUT2D eigenvalue weighted by molar-refractivity contribution is -0.0684. The summed E-state index contributed by atoms with van der Waals surface area (Å²) in [5, 5.41) is 20.8. The number of fused-ring (bicyclic) bond motifs is 1. The highest BCUT2D eigenvalue weighted by atomic mass is 16.6. The molecule has 1 aliphatic rings. The molecule has 10 nitrogen and oxygen atoms in total. The van der Waals surface area contributed by atoms with Crippen molar-refractivity contribution in [3.05, 3.63) is 42.5 Å². The number of hydrogen-bond donors (Lipinski definition) is 3. The molecule has 1 aliphatic heterocycles. The topological polar surface area (TPSA) is 138 Å². The number of methoxy groups -OCH3 is 1. The highest BCUT2D eigenvalue weighted by molar-refractivity contribution is 5.81. The average molecular weight is 387 g/mol. The van der Waals surface area contributed by atoms with Gasteiger partial charge in [-0.05, 0) is 6.07 Å². The Hall–Kier alpha value is -2.79. The quantitative estimate of drug-likeness (QED) is 0.543. The number of imidazole rings is 1. The molecule has 0 aliphatic carbocycles. The van der Waals surface area contributed by atoms with Gasteiger partial charge in [-0.1, -0.05) is 18.2 Å². The number of nitrogens with two attached hydrogens (primary N) is 1. The molecule has 1 aromatic carbocycles. The van der Waals surface area contributed by atoms with E-state index in [0.29, 0.717) is 11.2 Å². The van der Waals surface area contributed by atoms with E-state index in [1.54, 1.807) is 7.11 Å². The van der Waals surface area contributed by atoms with Gasteiger partial charge in [0.2, 0.25) is 0 Å². The van der Waals surface area contributed by atoms with Crippen molar-refractivity contribution in [1.82, 2.24) is 19.5 Å². The zero-order chi connectivity index (χ0) is 19.7. The summed E-state index contributed by atoms with van der Waals surface area (Å²) in [6.45, 7) is 0.381. The number of aliphatic hydroxyl groups is 2. The van der Waals surface area contributed by atoms with Crippen LogP contribution in [0.5, 0.6) is 5.75 Å². The minimum atomic E-state index is -1.17. The van der Waals surface area contributed by atoms with Crippen molar-refractivity contribution in [3.63, 3.8) is 0 Å². The fourth-order valence-electron chi connectivity index (χ4n) is 3.26. The van der Waals surface area contributed by atoms with E-state index in [1.807, 2.05) is 24.3 Å². The van der Waals surface area contributed by atoms with E-state index in [0.717, 1.165) is 11.3 Å². The maximum Gasteiger partial charge on any atom is 0.167 e. The number of nitrogen functional groups attached to an aromatic ring is 1. The molecule has 10 heteroatoms. The summed E-state index contributed by atoms with van der Waals surface area (Å²) in [6.07, 6.45) is -1.12. The minimum Gasteiger partial charge on any atom is -0.496 e. The summed E-state index contributed by atoms with van der Waals surface area (Å²) in [6, 6.07) is 7.50. The predicted octanol–water partition coefficient (Wildman–Crippen LogP) is 0.253. The lowest BCUT2D eigenvalue weighted by Gasteiger charge is -2.16. The maximum atomic E-state index is 10.5. The third-order valence-electron chi connectivity index (χ3n) is 4.73. The molecule has 1 saturated heterocycles. The van der Waals surface area contributed by atoms with Crippen LogP contribution in [0.3, 0.4) is 0 Å². The van der Waals surface area contributed by atoms with Gasteiger partial charge in [0.15, 0.2) is 17.7 Å². The molecule has 0 saturated carbocycles. The molecule has 4 rings (SSSR count). The first kappa shape index (κ1) is 18.6. The van der Waals surface area contributed by atoms with E-state index in [9.17, 15) is 10.2 Å². The summed E-state index contributed by atoms with van der Waals surface area (Å²) >= 11 is 0. The molecule has 28 heavy (non-hydrogen) atoms. The zero-order valence-electron chi connectivity index (χ0n) is 15.2. The summed E-state index contributed by atoms with van der Waals surface area (Å²) in [7, 11) is 1.59. The van der Waals surface area contributed by atoms with Gasteiger partial charge in [0.25, 0.3) is 0 Å². The first-order chi connectivity index (χ1) is 13.6. The predicted molar refractivity (Wildman–Crippen MR) is 98.3 cm³/mol. The van der Waals surface area contributed by atoms with Crippen LogP contribution in [0.4, 0.5) is 5.82 Å². The van der Waals surface area contributed by atoms with Gasteiger partial charge in [0, 0.05) is 5.56 Å². The monoisotopic (exact) mass is 387 g/mol. The molecular formula is C18H21N5O5. The van der Waals surface area contributed by atoms with Crippen LogP contribution in [-0.4, -0.2) is 61.8 Å². The lowest BCUT2D eigenvalue weighted by atomic mass is 10.1. The lowest BCUT2D eigenvalue weighted by Crippen LogP contribution is -2.33. The molecule has 148 valence electrons. The Morgan fingerprint density at radius 1 is 1.18 bits per heavy atom. The van der Waals surface area contributed by atoms with Gasteiger partial charge < -0.3 is 30.2 Å². The molecule has 0 spiro atoms. The van der Waals surface area contributed by atoms with Crippen LogP contribution >= 0.6 is 0 Å². The first-order valence-electron chi connectivity index (χ1n) is 8.74. The fraction of sp³-hybridized carbons (Fsp3) is 0.389. The second-order valence-electron chi connectivity index (χ2n) is 6.46. The first-order valence-corrected chi connectivity index (χ1v) is 8.74. The van der Waals surface area contributed by atoms with Gasteiger partial charge in [-0.15, -0.1) is 0 Å². The zero-order valence-corrected chi connectivity index (χ0v) is 15.2. The second kappa shape index (κ2) is 7.68. The number of rotatable bonds is 6. The van der Waals surface area contributed by atoms with Crippen LogP contribution in [0.15, 0.2) is 36.9 Å². The SMILES string of the molecule is COc1ccccc1COC[C@H]1O[C@@H](n2cnc3c(N)ncnc32)[C@H](O)[C@@H]1O. The van der Waals surface area contributed by atoms with E-state index in [4.69, 9.17) is 19.9 Å². The summed E-state index contributed by atoms with van der Waals surface area (Å²) in [5.74, 6) is 0.948. The van der Waals surface area contributed by atoms with Gasteiger partial charge in [-0.2, -0.15) is 0 Å². The summed E-state index contributed by atoms with van der Waals surface area (Å²) < 4.78 is 18.3. The number of hydrogen-bond acceptors (Lipinski definition) is 9. The van der Waals surface area contributed by atoms with Gasteiger partial charge in [-0.25, -0.2) is 15.0 Å². The normalized spacial score (nSPS) is 24.7. The molecule has 4 N–H and O–H groups in total. The molecule has 4 atom stereocenters. The van der Waals surface area contributed by atoms with E-state index >= 15 is 0 Å². The van der Waals surface area contributed by atoms with Crippen molar-refractivity contribution in [2.24, 2.45) is 0 Å². The van der Waals surface area contributed by atoms with Crippen LogP contribution in [0.25, 0.3) is 11.2 Å². The third kappa shape index (κ3) is 3.27. The summed E-state index contributed by atoms with van der Waals surface area (Å²) in [5.41, 5.74) is 7.49. The number of anilines is 1. The third-order valence-corrected chi connectivity index (χ3v) is 4.73. The van der Waals surface area contributed by atoms with Crippen molar-refractivity contribution >= 4 is 17.0 Å². The van der Waals surface area contributed by atoms with E-state index in [2.05, 4.69) is 15.0 Å². The number of nitrogens with zero attached hydrogens (tertiary/aromatic N) is 4. The minimum absolute atomic E-state index is 0.0938. The van der Waals surface area contributed by atoms with Crippen LogP contribution in [0, 0.1) is 0 Å². The van der Waals surface area contributed by atoms with Crippen molar-refractivity contribution in [3.8, 4) is 5.75 Å². The molecule has 3 aromatic rings. The van der Waals surface area contributed by atoms with Crippen LogP contribution in [0.2, 0.25) is 0 Å². The number of aromatic nitrogens is 4. The number of ether oxygens (including phenoxy) is 3. The standard InChI is InChI=1S/C18H21N5O5/c1-26-11-5-3-2-4-10(11)6-27-7-12-14(24)15(25)18(28-12)23-9-22-13-16(19)20-8-21-17(13)23/h2-5,8-9,12,14-15,18,24-25H,6-7H2,1H3,(H2,19,20,21)/t12-,14-,15-,18-/m1/s1. The summed E-state index contributed by atoms with van der Waals surface area (Å²) in [4.78, 5) is 12.2. The van der Waals surface area contributed by atoms with Gasteiger partial charge in [0.05, 0.1) is 26.7 Å². The van der Waals surface area contributed by atoms with Crippen LogP contribution < -0.4 is 10.5 Å². The smallest absolute Gasteiger partial charge is 0.167 e. The van der Waals surface area contributed by atoms with Crippen molar-refractivity contribution in [2.45, 2.75) is 31.1 Å². The largest absolute Gasteiger partial charge is 0.496 e. The number of para-hydroxylation sites is 1. The van der Waals surface area contributed by atoms with Crippen LogP contribution in [0.1, 0.15) is 11.8 Å². The number of aliphatic hydroxyl groups excluding tert-OH is 2. The Balaban J connectivity index is 1.45. The highest BCUT2D eigenvalue weighted by Gasteiger charge is 2.44. The Kier molecular flexibility index (Phi) is 5.09. The average Bonchev–Trinajstić information content (AvgIpc) is 3.26. The maximum absolute atomic E-state index is 10.5. The number of benzene rings is 1. The Morgan fingerprint density at radius 3 is 2.82 bits per heavy atom. The fourth-order valence-corrected chi connectivity index (χ4v) is 3.26. The van der Waals surface area contributed by atoms with Crippen molar-refractivity contribution in [1.29, 1.82) is 0 Å². The second-order valence-corrected chi connectivity index (χ2v) is 6.46. The van der Waals surface area contributed by atoms with E-state index in [-0.39, 0.29) is 19.0 Å². The molecule has 0 bridgehead atoms. The van der Waals surface area contributed by atoms with E-state index < -0.39 is 24.5 Å². The molecule has 2 aromatic heterocycles. The molecule has 1 fully saturated rings. The van der Waals surface area contributed by atoms with Crippen molar-refractivity contribution in [2.75, 3.05) is 19.5 Å². The van der Waals surface area contributed by atoms with E-state index in [1.165, 1.54) is 17.2 Å². The molecule has 0 amide bonds. The van der Waals surface area contributed by atoms with Gasteiger partial charge in [0.1, 0.15) is 35.9 Å². The molecule has 0 unspecified atom stereocenters. The molecule has 3 heterocycles. The highest BCUT2D eigenvalue weighted by Crippen LogP contribution is 2.32. The molecular weight excluding hydrogens is 366 g/mol. The van der Waals surface area contributed by atoms with Gasteiger partial charge >= 0.3 is 0 Å². The Bertz CT molecular complexity index is 964. The molecule has 0 radical (unpaired) electrons. The van der Waals surface area contributed by atoms with Crippen molar-refractivity contribution < 1.29 is 24.4 Å². The van der Waals surface area contributed by atoms with Crippen LogP contribution in [-0.2, 0) is 16.1 Å². The Labute approximate surface area is 160 Å². The van der Waals surface area contributed by atoms with Gasteiger partial charge in [-0.3, -0.25) is 4.57 Å². The Morgan fingerprint density at radius 2 is 2.00 bits per heavy atom.